The van der Waals surface area contributed by atoms with Gasteiger partial charge in [0.2, 0.25) is 0 Å². The maximum Gasteiger partial charge on any atom is 0.0558 e. The van der Waals surface area contributed by atoms with E-state index in [2.05, 4.69) is 53.2 Å². The summed E-state index contributed by atoms with van der Waals surface area (Å²) in [6.07, 6.45) is 1.11. The van der Waals surface area contributed by atoms with Crippen LogP contribution in [0.15, 0.2) is 24.3 Å². The molecule has 1 heterocycles. The topological polar surface area (TPSA) is 38.7 Å². The highest BCUT2D eigenvalue weighted by Gasteiger charge is 2.21. The van der Waals surface area contributed by atoms with Crippen molar-refractivity contribution in [3.63, 3.8) is 0 Å². The fourth-order valence-corrected chi connectivity index (χ4v) is 3.14. The van der Waals surface area contributed by atoms with E-state index in [1.54, 1.807) is 0 Å². The molecule has 2 rings (SSSR count). The number of aliphatic hydroxyl groups excluding tert-OH is 1. The first kappa shape index (κ1) is 16.3. The van der Waals surface area contributed by atoms with E-state index in [0.717, 1.165) is 45.7 Å². The second-order valence-corrected chi connectivity index (χ2v) is 5.63. The van der Waals surface area contributed by atoms with Crippen molar-refractivity contribution in [2.24, 2.45) is 0 Å². The number of anilines is 1. The first-order chi connectivity index (χ1) is 10.3. The van der Waals surface area contributed by atoms with Crippen LogP contribution >= 0.6 is 0 Å². The third-order valence-electron chi connectivity index (χ3n) is 4.30. The van der Waals surface area contributed by atoms with Crippen LogP contribution in [0.5, 0.6) is 0 Å². The molecule has 1 aliphatic rings. The maximum atomic E-state index is 9.05. The Balaban J connectivity index is 2.10. The third kappa shape index (κ3) is 4.19. The highest BCUT2D eigenvalue weighted by molar-refractivity contribution is 5.55. The molecule has 118 valence electrons. The van der Waals surface area contributed by atoms with Gasteiger partial charge in [-0.15, -0.1) is 0 Å². The van der Waals surface area contributed by atoms with Crippen LogP contribution in [0.4, 0.5) is 5.69 Å². The fraction of sp³-hybridized carbons (Fsp3) is 0.647. The second-order valence-electron chi connectivity index (χ2n) is 5.63. The van der Waals surface area contributed by atoms with Gasteiger partial charge in [-0.05, 0) is 24.6 Å². The van der Waals surface area contributed by atoms with Gasteiger partial charge in [-0.2, -0.15) is 0 Å². The van der Waals surface area contributed by atoms with E-state index in [9.17, 15) is 0 Å². The summed E-state index contributed by atoms with van der Waals surface area (Å²) in [5.74, 6) is 0. The predicted molar refractivity (Wildman–Crippen MR) is 88.9 cm³/mol. The zero-order valence-corrected chi connectivity index (χ0v) is 13.4. The Morgan fingerprint density at radius 2 is 1.86 bits per heavy atom. The highest BCUT2D eigenvalue weighted by Crippen LogP contribution is 2.28. The first-order valence-corrected chi connectivity index (χ1v) is 8.20. The van der Waals surface area contributed by atoms with E-state index < -0.39 is 0 Å². The molecule has 0 bridgehead atoms. The molecular formula is C17H29N3O. The van der Waals surface area contributed by atoms with Crippen molar-refractivity contribution in [2.45, 2.75) is 26.3 Å². The van der Waals surface area contributed by atoms with Gasteiger partial charge < -0.3 is 15.3 Å². The number of aliphatic hydroxyl groups is 1. The van der Waals surface area contributed by atoms with E-state index in [0.29, 0.717) is 6.04 Å². The third-order valence-corrected chi connectivity index (χ3v) is 4.30. The van der Waals surface area contributed by atoms with Crippen molar-refractivity contribution in [3.8, 4) is 0 Å². The molecule has 2 N–H and O–H groups in total. The van der Waals surface area contributed by atoms with Crippen LogP contribution in [0.3, 0.4) is 0 Å². The van der Waals surface area contributed by atoms with Crippen molar-refractivity contribution >= 4 is 5.69 Å². The molecule has 0 saturated carbocycles. The summed E-state index contributed by atoms with van der Waals surface area (Å²) in [5.41, 5.74) is 2.78. The van der Waals surface area contributed by atoms with Crippen LogP contribution < -0.4 is 10.2 Å². The molecule has 21 heavy (non-hydrogen) atoms. The summed E-state index contributed by atoms with van der Waals surface area (Å²) in [6.45, 7) is 10.6. The number of piperazine rings is 1. The van der Waals surface area contributed by atoms with Gasteiger partial charge in [-0.1, -0.05) is 32.0 Å². The summed E-state index contributed by atoms with van der Waals surface area (Å²) in [4.78, 5) is 4.82. The van der Waals surface area contributed by atoms with Gasteiger partial charge >= 0.3 is 0 Å². The van der Waals surface area contributed by atoms with E-state index in [1.807, 2.05) is 0 Å². The molecule has 0 radical (unpaired) electrons. The highest BCUT2D eigenvalue weighted by atomic mass is 16.3. The Labute approximate surface area is 128 Å². The Kier molecular flexibility index (Phi) is 6.49. The molecule has 4 heteroatoms. The van der Waals surface area contributed by atoms with E-state index in [-0.39, 0.29) is 6.61 Å². The zero-order chi connectivity index (χ0) is 15.1. The summed E-state index contributed by atoms with van der Waals surface area (Å²) in [7, 11) is 0. The number of hydrogen-bond acceptors (Lipinski definition) is 4. The molecular weight excluding hydrogens is 262 g/mol. The Hall–Kier alpha value is -1.10. The number of hydrogen-bond donors (Lipinski definition) is 2. The average Bonchev–Trinajstić information content (AvgIpc) is 2.54. The van der Waals surface area contributed by atoms with Crippen LogP contribution in [-0.2, 0) is 0 Å². The number of β-amino-alcohol motifs (C(OH)–C–C–N with tert-alkyl or cyclic N) is 1. The first-order valence-electron chi connectivity index (χ1n) is 8.20. The Morgan fingerprint density at radius 1 is 1.14 bits per heavy atom. The van der Waals surface area contributed by atoms with Gasteiger partial charge in [0, 0.05) is 44.5 Å². The lowest BCUT2D eigenvalue weighted by Gasteiger charge is -2.37. The van der Waals surface area contributed by atoms with E-state index >= 15 is 0 Å². The molecule has 4 nitrogen and oxygen atoms in total. The van der Waals surface area contributed by atoms with Gasteiger partial charge in [-0.3, -0.25) is 4.90 Å². The van der Waals surface area contributed by atoms with E-state index in [1.165, 1.54) is 11.3 Å². The van der Waals surface area contributed by atoms with Crippen molar-refractivity contribution in [3.05, 3.63) is 29.8 Å². The summed E-state index contributed by atoms with van der Waals surface area (Å²) in [5, 5.41) is 12.6. The van der Waals surface area contributed by atoms with Crippen LogP contribution in [0.25, 0.3) is 0 Å². The molecule has 0 aliphatic carbocycles. The second kappa shape index (κ2) is 8.37. The Bertz CT molecular complexity index is 416. The molecule has 0 spiro atoms. The van der Waals surface area contributed by atoms with Crippen molar-refractivity contribution in [1.29, 1.82) is 0 Å². The largest absolute Gasteiger partial charge is 0.395 e. The molecule has 1 aliphatic heterocycles. The standard InChI is InChI=1S/C17H29N3O/c1-3-16(18-4-2)15-7-5-6-8-17(15)20-11-9-19(10-12-20)13-14-21/h5-8,16,18,21H,3-4,9-14H2,1-2H3. The van der Waals surface area contributed by atoms with Gasteiger partial charge in [0.1, 0.15) is 0 Å². The Morgan fingerprint density at radius 3 is 2.48 bits per heavy atom. The molecule has 1 aromatic carbocycles. The van der Waals surface area contributed by atoms with Gasteiger partial charge in [0.05, 0.1) is 6.61 Å². The van der Waals surface area contributed by atoms with Gasteiger partial charge in [-0.25, -0.2) is 0 Å². The summed E-state index contributed by atoms with van der Waals surface area (Å²) < 4.78 is 0. The minimum atomic E-state index is 0.259. The number of nitrogens with one attached hydrogen (secondary N) is 1. The lowest BCUT2D eigenvalue weighted by atomic mass is 10.0. The van der Waals surface area contributed by atoms with Crippen LogP contribution in [0.1, 0.15) is 31.9 Å². The molecule has 1 aromatic rings. The lowest BCUT2D eigenvalue weighted by molar-refractivity contribution is 0.188. The summed E-state index contributed by atoms with van der Waals surface area (Å²) >= 11 is 0. The monoisotopic (exact) mass is 291 g/mol. The smallest absolute Gasteiger partial charge is 0.0558 e. The van der Waals surface area contributed by atoms with Crippen LogP contribution in [0, 0.1) is 0 Å². The minimum absolute atomic E-state index is 0.259. The molecule has 1 unspecified atom stereocenters. The molecule has 0 amide bonds. The zero-order valence-electron chi connectivity index (χ0n) is 13.4. The molecule has 1 fully saturated rings. The van der Waals surface area contributed by atoms with Crippen molar-refractivity contribution < 1.29 is 5.11 Å². The fourth-order valence-electron chi connectivity index (χ4n) is 3.14. The predicted octanol–water partition coefficient (Wildman–Crippen LogP) is 1.86. The van der Waals surface area contributed by atoms with Crippen molar-refractivity contribution in [2.75, 3.05) is 50.8 Å². The lowest BCUT2D eigenvalue weighted by Crippen LogP contribution is -2.47. The number of para-hydroxylation sites is 1. The maximum absolute atomic E-state index is 9.05. The number of benzene rings is 1. The average molecular weight is 291 g/mol. The van der Waals surface area contributed by atoms with Gasteiger partial charge in [0.25, 0.3) is 0 Å². The number of rotatable bonds is 7. The van der Waals surface area contributed by atoms with E-state index in [4.69, 9.17) is 5.11 Å². The van der Waals surface area contributed by atoms with Crippen LogP contribution in [-0.4, -0.2) is 55.9 Å². The molecule has 1 atom stereocenters. The van der Waals surface area contributed by atoms with Crippen LogP contribution in [0.2, 0.25) is 0 Å². The number of nitrogens with zero attached hydrogens (tertiary/aromatic N) is 2. The summed E-state index contributed by atoms with van der Waals surface area (Å²) in [6, 6.07) is 9.21. The quantitative estimate of drug-likeness (QED) is 0.804. The molecule has 0 aromatic heterocycles. The SMILES string of the molecule is CCNC(CC)c1ccccc1N1CCN(CCO)CC1. The minimum Gasteiger partial charge on any atom is -0.395 e. The normalized spacial score (nSPS) is 18.0. The molecule has 1 saturated heterocycles. The van der Waals surface area contributed by atoms with Gasteiger partial charge in [0.15, 0.2) is 0 Å². The van der Waals surface area contributed by atoms with Crippen molar-refractivity contribution in [1.82, 2.24) is 10.2 Å².